The molecule has 110 valence electrons. The molecule has 6 heteroatoms. The first-order chi connectivity index (χ1) is 9.20. The van der Waals surface area contributed by atoms with Crippen molar-refractivity contribution < 1.29 is 18.3 Å². The van der Waals surface area contributed by atoms with Crippen molar-refractivity contribution in [3.63, 3.8) is 0 Å². The Hall–Kier alpha value is -1.56. The van der Waals surface area contributed by atoms with Crippen molar-refractivity contribution in [3.05, 3.63) is 29.6 Å². The Balaban J connectivity index is 2.49. The lowest BCUT2D eigenvalue weighted by atomic mass is 10.2. The summed E-state index contributed by atoms with van der Waals surface area (Å²) in [6, 6.07) is 5.55. The molecule has 1 heterocycles. The van der Waals surface area contributed by atoms with Crippen molar-refractivity contribution in [2.75, 3.05) is 0 Å². The Morgan fingerprint density at radius 3 is 2.50 bits per heavy atom. The van der Waals surface area contributed by atoms with Gasteiger partial charge in [0.1, 0.15) is 5.82 Å². The number of aliphatic hydroxyl groups excluding tert-OH is 1. The molecule has 3 nitrogen and oxygen atoms in total. The van der Waals surface area contributed by atoms with Crippen LogP contribution in [0.25, 0.3) is 11.0 Å². The number of alkyl halides is 3. The number of aryl methyl sites for hydroxylation is 1. The highest BCUT2D eigenvalue weighted by molar-refractivity contribution is 5.77. The first kappa shape index (κ1) is 14.8. The van der Waals surface area contributed by atoms with Gasteiger partial charge in [-0.15, -0.1) is 0 Å². The molecule has 0 amide bonds. The van der Waals surface area contributed by atoms with Gasteiger partial charge in [0.25, 0.3) is 0 Å². The van der Waals surface area contributed by atoms with Gasteiger partial charge < -0.3 is 9.67 Å². The summed E-state index contributed by atoms with van der Waals surface area (Å²) in [7, 11) is 0. The minimum atomic E-state index is -4.63. The van der Waals surface area contributed by atoms with E-state index in [2.05, 4.69) is 4.98 Å². The molecule has 0 saturated carbocycles. The standard InChI is InChI=1S/C14H17F3N2O/c1-8(2)19-11-5-4-9(3)6-10(11)18-13(19)7-12(20)14(15,16)17/h4-6,8,12,20H,7H2,1-3H3. The number of aromatic nitrogens is 2. The lowest BCUT2D eigenvalue weighted by Crippen LogP contribution is -2.31. The number of rotatable bonds is 3. The van der Waals surface area contributed by atoms with Crippen LogP contribution in [0.15, 0.2) is 18.2 Å². The molecule has 0 fully saturated rings. The maximum absolute atomic E-state index is 12.5. The second kappa shape index (κ2) is 5.09. The number of imidazole rings is 1. The summed E-state index contributed by atoms with van der Waals surface area (Å²) >= 11 is 0. The van der Waals surface area contributed by atoms with Crippen molar-refractivity contribution in [1.82, 2.24) is 9.55 Å². The van der Waals surface area contributed by atoms with Gasteiger partial charge in [0, 0.05) is 12.5 Å². The van der Waals surface area contributed by atoms with Crippen LogP contribution in [0.2, 0.25) is 0 Å². The molecule has 0 aliphatic rings. The summed E-state index contributed by atoms with van der Waals surface area (Å²) in [5, 5.41) is 9.25. The Kier molecular flexibility index (Phi) is 3.77. The summed E-state index contributed by atoms with van der Waals surface area (Å²) < 4.78 is 39.2. The second-order valence-corrected chi connectivity index (χ2v) is 5.25. The molecule has 1 aromatic carbocycles. The lowest BCUT2D eigenvalue weighted by Gasteiger charge is -2.17. The molecular weight excluding hydrogens is 269 g/mol. The average Bonchev–Trinajstić information content (AvgIpc) is 2.64. The highest BCUT2D eigenvalue weighted by Gasteiger charge is 2.39. The van der Waals surface area contributed by atoms with E-state index in [1.54, 1.807) is 4.57 Å². The molecule has 0 aliphatic heterocycles. The third kappa shape index (κ3) is 2.80. The van der Waals surface area contributed by atoms with E-state index in [1.807, 2.05) is 39.0 Å². The van der Waals surface area contributed by atoms with E-state index in [1.165, 1.54) is 0 Å². The van der Waals surface area contributed by atoms with E-state index in [-0.39, 0.29) is 11.9 Å². The zero-order chi connectivity index (χ0) is 15.1. The Bertz CT molecular complexity index is 617. The highest BCUT2D eigenvalue weighted by atomic mass is 19.4. The number of fused-ring (bicyclic) bond motifs is 1. The number of halogens is 3. The fourth-order valence-electron chi connectivity index (χ4n) is 2.27. The lowest BCUT2D eigenvalue weighted by molar-refractivity contribution is -0.203. The smallest absolute Gasteiger partial charge is 0.383 e. The Morgan fingerprint density at radius 1 is 1.30 bits per heavy atom. The van der Waals surface area contributed by atoms with Crippen molar-refractivity contribution in [1.29, 1.82) is 0 Å². The summed E-state index contributed by atoms with van der Waals surface area (Å²) in [5.41, 5.74) is 2.44. The first-order valence-electron chi connectivity index (χ1n) is 6.42. The van der Waals surface area contributed by atoms with Crippen molar-refractivity contribution in [2.45, 2.75) is 45.5 Å². The van der Waals surface area contributed by atoms with Crippen LogP contribution in [0.3, 0.4) is 0 Å². The van der Waals surface area contributed by atoms with E-state index in [0.29, 0.717) is 5.52 Å². The molecule has 0 radical (unpaired) electrons. The van der Waals surface area contributed by atoms with E-state index >= 15 is 0 Å². The van der Waals surface area contributed by atoms with Crippen LogP contribution >= 0.6 is 0 Å². The minimum Gasteiger partial charge on any atom is -0.383 e. The second-order valence-electron chi connectivity index (χ2n) is 5.25. The molecular formula is C14H17F3N2O. The predicted molar refractivity (Wildman–Crippen MR) is 70.6 cm³/mol. The minimum absolute atomic E-state index is 0.0295. The maximum atomic E-state index is 12.5. The van der Waals surface area contributed by atoms with Gasteiger partial charge in [-0.2, -0.15) is 13.2 Å². The van der Waals surface area contributed by atoms with Crippen LogP contribution in [0, 0.1) is 6.92 Å². The van der Waals surface area contributed by atoms with Crippen molar-refractivity contribution >= 4 is 11.0 Å². The first-order valence-corrected chi connectivity index (χ1v) is 6.42. The Labute approximate surface area is 115 Å². The number of aliphatic hydroxyl groups is 1. The zero-order valence-electron chi connectivity index (χ0n) is 11.6. The summed E-state index contributed by atoms with van der Waals surface area (Å²) in [6.07, 6.45) is -7.55. The normalized spacial score (nSPS) is 14.2. The van der Waals surface area contributed by atoms with Gasteiger partial charge in [0.2, 0.25) is 0 Å². The van der Waals surface area contributed by atoms with Crippen molar-refractivity contribution in [3.8, 4) is 0 Å². The van der Waals surface area contributed by atoms with Gasteiger partial charge in [-0.1, -0.05) is 6.07 Å². The van der Waals surface area contributed by atoms with Crippen LogP contribution in [-0.2, 0) is 6.42 Å². The zero-order valence-corrected chi connectivity index (χ0v) is 11.6. The SMILES string of the molecule is Cc1ccc2c(c1)nc(CC(O)C(F)(F)F)n2C(C)C. The molecule has 2 rings (SSSR count). The predicted octanol–water partition coefficient (Wildman–Crippen LogP) is 3.39. The van der Waals surface area contributed by atoms with Crippen molar-refractivity contribution in [2.24, 2.45) is 0 Å². The molecule has 2 aromatic rings. The van der Waals surface area contributed by atoms with Gasteiger partial charge in [-0.3, -0.25) is 0 Å². The van der Waals surface area contributed by atoms with E-state index in [9.17, 15) is 18.3 Å². The van der Waals surface area contributed by atoms with Crippen LogP contribution in [0.5, 0.6) is 0 Å². The van der Waals surface area contributed by atoms with Crippen LogP contribution in [0.4, 0.5) is 13.2 Å². The number of hydrogen-bond donors (Lipinski definition) is 1. The van der Waals surface area contributed by atoms with Crippen LogP contribution in [-0.4, -0.2) is 26.9 Å². The number of nitrogens with zero attached hydrogens (tertiary/aromatic N) is 2. The summed E-state index contributed by atoms with van der Waals surface area (Å²) in [5.74, 6) is 0.255. The molecule has 1 aromatic heterocycles. The van der Waals surface area contributed by atoms with Crippen LogP contribution in [0.1, 0.15) is 31.3 Å². The molecule has 0 bridgehead atoms. The average molecular weight is 286 g/mol. The van der Waals surface area contributed by atoms with Gasteiger partial charge in [0.05, 0.1) is 11.0 Å². The topological polar surface area (TPSA) is 38.1 Å². The maximum Gasteiger partial charge on any atom is 0.414 e. The summed E-state index contributed by atoms with van der Waals surface area (Å²) in [6.45, 7) is 5.66. The third-order valence-corrected chi connectivity index (χ3v) is 3.19. The van der Waals surface area contributed by atoms with Crippen LogP contribution < -0.4 is 0 Å². The molecule has 0 aliphatic carbocycles. The largest absolute Gasteiger partial charge is 0.414 e. The quantitative estimate of drug-likeness (QED) is 0.939. The van der Waals surface area contributed by atoms with Gasteiger partial charge in [-0.05, 0) is 38.5 Å². The summed E-state index contributed by atoms with van der Waals surface area (Å²) in [4.78, 5) is 4.25. The molecule has 0 saturated heterocycles. The number of benzene rings is 1. The van der Waals surface area contributed by atoms with Gasteiger partial charge in [-0.25, -0.2) is 4.98 Å². The van der Waals surface area contributed by atoms with E-state index in [0.717, 1.165) is 11.1 Å². The molecule has 1 atom stereocenters. The van der Waals surface area contributed by atoms with E-state index in [4.69, 9.17) is 0 Å². The fourth-order valence-corrected chi connectivity index (χ4v) is 2.27. The molecule has 0 spiro atoms. The monoisotopic (exact) mass is 286 g/mol. The molecule has 20 heavy (non-hydrogen) atoms. The third-order valence-electron chi connectivity index (χ3n) is 3.19. The van der Waals surface area contributed by atoms with E-state index < -0.39 is 18.7 Å². The Morgan fingerprint density at radius 2 is 1.95 bits per heavy atom. The fraction of sp³-hybridized carbons (Fsp3) is 0.500. The number of hydrogen-bond acceptors (Lipinski definition) is 2. The molecule has 1 N–H and O–H groups in total. The van der Waals surface area contributed by atoms with Gasteiger partial charge >= 0.3 is 6.18 Å². The molecule has 1 unspecified atom stereocenters. The van der Waals surface area contributed by atoms with Gasteiger partial charge in [0.15, 0.2) is 6.10 Å². The highest BCUT2D eigenvalue weighted by Crippen LogP contribution is 2.27.